The summed E-state index contributed by atoms with van der Waals surface area (Å²) in [4.78, 5) is 1.04. The molecule has 1 rings (SSSR count). The first-order chi connectivity index (χ1) is 6.24. The Bertz CT molecular complexity index is 270. The van der Waals surface area contributed by atoms with E-state index in [-0.39, 0.29) is 6.10 Å². The molecule has 0 saturated carbocycles. The molecule has 0 aliphatic carbocycles. The number of aliphatic hydroxyl groups excluding tert-OH is 1. The molecular weight excluding hydrogens is 248 g/mol. The second-order valence-corrected chi connectivity index (χ2v) is 5.37. The van der Waals surface area contributed by atoms with Gasteiger partial charge in [0.2, 0.25) is 0 Å². The Morgan fingerprint density at radius 3 is 2.92 bits per heavy atom. The minimum absolute atomic E-state index is 0.309. The minimum atomic E-state index is -0.309. The molecule has 3 heteroatoms. The van der Waals surface area contributed by atoms with E-state index in [9.17, 15) is 5.11 Å². The first-order valence-corrected chi connectivity index (χ1v) is 5.89. The molecule has 1 aromatic rings. The molecule has 1 heterocycles. The topological polar surface area (TPSA) is 20.2 Å². The first kappa shape index (κ1) is 11.0. The van der Waals surface area contributed by atoms with Gasteiger partial charge in [0.15, 0.2) is 0 Å². The summed E-state index contributed by atoms with van der Waals surface area (Å²) in [6, 6.07) is 3.93. The van der Waals surface area contributed by atoms with Crippen LogP contribution in [-0.2, 0) is 0 Å². The summed E-state index contributed by atoms with van der Waals surface area (Å²) in [7, 11) is 0. The maximum atomic E-state index is 9.72. The van der Waals surface area contributed by atoms with Gasteiger partial charge in [-0.25, -0.2) is 0 Å². The van der Waals surface area contributed by atoms with Crippen LogP contribution in [0, 0.1) is 0 Å². The number of unbranched alkanes of at least 4 members (excludes halogenated alkanes) is 1. The zero-order chi connectivity index (χ0) is 9.68. The van der Waals surface area contributed by atoms with Gasteiger partial charge in [0.05, 0.1) is 9.89 Å². The van der Waals surface area contributed by atoms with E-state index in [1.165, 1.54) is 0 Å². The summed E-state index contributed by atoms with van der Waals surface area (Å²) in [5, 5.41) is 9.72. The van der Waals surface area contributed by atoms with E-state index in [0.717, 1.165) is 27.9 Å². The Morgan fingerprint density at radius 2 is 2.38 bits per heavy atom. The normalized spacial score (nSPS) is 12.8. The lowest BCUT2D eigenvalue weighted by Crippen LogP contribution is -1.93. The van der Waals surface area contributed by atoms with Gasteiger partial charge in [0, 0.05) is 4.88 Å². The summed E-state index contributed by atoms with van der Waals surface area (Å²) in [5.74, 6) is 0. The van der Waals surface area contributed by atoms with Gasteiger partial charge in [-0.2, -0.15) is 0 Å². The highest BCUT2D eigenvalue weighted by Crippen LogP contribution is 2.29. The van der Waals surface area contributed by atoms with Crippen LogP contribution in [0.2, 0.25) is 0 Å². The molecule has 0 aliphatic rings. The van der Waals surface area contributed by atoms with Gasteiger partial charge < -0.3 is 5.11 Å². The van der Waals surface area contributed by atoms with Crippen LogP contribution >= 0.6 is 27.3 Å². The van der Waals surface area contributed by atoms with E-state index in [0.29, 0.717) is 0 Å². The smallest absolute Gasteiger partial charge is 0.0882 e. The molecule has 0 spiro atoms. The standard InChI is InChI=1S/C10H13BrOS/c1-2-3-4-5-8(12)9-6-7-10(11)13-9/h2,6-8,12H,1,3-5H2. The number of hydrogen-bond donors (Lipinski definition) is 1. The van der Waals surface area contributed by atoms with Gasteiger partial charge >= 0.3 is 0 Å². The van der Waals surface area contributed by atoms with Gasteiger partial charge in [-0.15, -0.1) is 17.9 Å². The average Bonchev–Trinajstić information content (AvgIpc) is 2.52. The lowest BCUT2D eigenvalue weighted by Gasteiger charge is -2.06. The third-order valence-electron chi connectivity index (χ3n) is 1.81. The van der Waals surface area contributed by atoms with Crippen LogP contribution in [0.25, 0.3) is 0 Å². The highest BCUT2D eigenvalue weighted by Gasteiger charge is 2.08. The molecule has 0 amide bonds. The van der Waals surface area contributed by atoms with Crippen molar-refractivity contribution >= 4 is 27.3 Å². The van der Waals surface area contributed by atoms with Gasteiger partial charge in [-0.05, 0) is 47.3 Å². The van der Waals surface area contributed by atoms with Gasteiger partial charge in [-0.3, -0.25) is 0 Å². The van der Waals surface area contributed by atoms with Crippen molar-refractivity contribution in [3.63, 3.8) is 0 Å². The predicted molar refractivity (Wildman–Crippen MR) is 61.0 cm³/mol. The van der Waals surface area contributed by atoms with Crippen molar-refractivity contribution in [3.05, 3.63) is 33.5 Å². The van der Waals surface area contributed by atoms with Crippen molar-refractivity contribution in [2.75, 3.05) is 0 Å². The summed E-state index contributed by atoms with van der Waals surface area (Å²) in [6.07, 6.45) is 4.37. The van der Waals surface area contributed by atoms with E-state index in [4.69, 9.17) is 0 Å². The molecule has 0 radical (unpaired) electrons. The SMILES string of the molecule is C=CCCCC(O)c1ccc(Br)s1. The summed E-state index contributed by atoms with van der Waals surface area (Å²) in [5.41, 5.74) is 0. The van der Waals surface area contributed by atoms with Crippen LogP contribution in [0.3, 0.4) is 0 Å². The van der Waals surface area contributed by atoms with Crippen molar-refractivity contribution in [2.45, 2.75) is 25.4 Å². The van der Waals surface area contributed by atoms with Crippen molar-refractivity contribution in [2.24, 2.45) is 0 Å². The molecule has 0 fully saturated rings. The lowest BCUT2D eigenvalue weighted by atomic mass is 10.1. The average molecular weight is 261 g/mol. The fraction of sp³-hybridized carbons (Fsp3) is 0.400. The zero-order valence-electron chi connectivity index (χ0n) is 7.37. The fourth-order valence-corrected chi connectivity index (χ4v) is 2.55. The quantitative estimate of drug-likeness (QED) is 0.629. The van der Waals surface area contributed by atoms with Crippen LogP contribution in [-0.4, -0.2) is 5.11 Å². The molecule has 0 aliphatic heterocycles. The highest BCUT2D eigenvalue weighted by atomic mass is 79.9. The van der Waals surface area contributed by atoms with Crippen molar-refractivity contribution in [1.82, 2.24) is 0 Å². The fourth-order valence-electron chi connectivity index (χ4n) is 1.11. The number of hydrogen-bond acceptors (Lipinski definition) is 2. The van der Waals surface area contributed by atoms with E-state index < -0.39 is 0 Å². The summed E-state index contributed by atoms with van der Waals surface area (Å²) >= 11 is 4.97. The molecule has 13 heavy (non-hydrogen) atoms. The maximum Gasteiger partial charge on any atom is 0.0882 e. The molecule has 0 saturated heterocycles. The molecular formula is C10H13BrOS. The van der Waals surface area contributed by atoms with Crippen LogP contribution < -0.4 is 0 Å². The van der Waals surface area contributed by atoms with E-state index in [1.807, 2.05) is 18.2 Å². The Labute approximate surface area is 91.2 Å². The van der Waals surface area contributed by atoms with Crippen molar-refractivity contribution in [1.29, 1.82) is 0 Å². The molecule has 1 nitrogen and oxygen atoms in total. The van der Waals surface area contributed by atoms with Crippen molar-refractivity contribution < 1.29 is 5.11 Å². The Balaban J connectivity index is 2.39. The molecule has 1 aromatic heterocycles. The number of aliphatic hydroxyl groups is 1. The van der Waals surface area contributed by atoms with E-state index in [2.05, 4.69) is 22.5 Å². The lowest BCUT2D eigenvalue weighted by molar-refractivity contribution is 0.168. The van der Waals surface area contributed by atoms with E-state index in [1.54, 1.807) is 11.3 Å². The number of rotatable bonds is 5. The van der Waals surface area contributed by atoms with Crippen LogP contribution in [0.4, 0.5) is 0 Å². The highest BCUT2D eigenvalue weighted by molar-refractivity contribution is 9.11. The predicted octanol–water partition coefficient (Wildman–Crippen LogP) is 3.90. The van der Waals surface area contributed by atoms with Gasteiger partial charge in [0.25, 0.3) is 0 Å². The Morgan fingerprint density at radius 1 is 1.62 bits per heavy atom. The number of halogens is 1. The molecule has 1 N–H and O–H groups in total. The first-order valence-electron chi connectivity index (χ1n) is 4.28. The van der Waals surface area contributed by atoms with Crippen molar-refractivity contribution in [3.8, 4) is 0 Å². The summed E-state index contributed by atoms with van der Waals surface area (Å²) < 4.78 is 1.07. The molecule has 1 atom stereocenters. The largest absolute Gasteiger partial charge is 0.388 e. The third kappa shape index (κ3) is 3.63. The zero-order valence-corrected chi connectivity index (χ0v) is 9.77. The van der Waals surface area contributed by atoms with Gasteiger partial charge in [-0.1, -0.05) is 6.08 Å². The number of allylic oxidation sites excluding steroid dienone is 1. The Hall–Kier alpha value is -0.120. The second kappa shape index (κ2) is 5.58. The maximum absolute atomic E-state index is 9.72. The van der Waals surface area contributed by atoms with Crippen LogP contribution in [0.15, 0.2) is 28.6 Å². The molecule has 0 aromatic carbocycles. The molecule has 1 unspecified atom stereocenters. The molecule has 0 bridgehead atoms. The van der Waals surface area contributed by atoms with Crippen LogP contribution in [0.5, 0.6) is 0 Å². The van der Waals surface area contributed by atoms with Crippen LogP contribution in [0.1, 0.15) is 30.2 Å². The van der Waals surface area contributed by atoms with Gasteiger partial charge in [0.1, 0.15) is 0 Å². The van der Waals surface area contributed by atoms with E-state index >= 15 is 0 Å². The number of thiophene rings is 1. The summed E-state index contributed by atoms with van der Waals surface area (Å²) in [6.45, 7) is 3.65. The monoisotopic (exact) mass is 260 g/mol. The minimum Gasteiger partial charge on any atom is -0.388 e. The Kier molecular flexibility index (Phi) is 4.70. The molecule has 72 valence electrons. The third-order valence-corrected chi connectivity index (χ3v) is 3.53. The second-order valence-electron chi connectivity index (χ2n) is 2.88.